The lowest BCUT2D eigenvalue weighted by Gasteiger charge is -2.36. The molecule has 2 amide bonds. The Morgan fingerprint density at radius 1 is 1.10 bits per heavy atom. The molecule has 1 unspecified atom stereocenters. The standard InChI is InChI=1S/C29H26Cl3F3N4O2/c30-21-5-3-19(4-6-21)2-1-13-39(27(40)38-17-20-7-10-37-26(32)14-20)18-28(8-11-36-12-9-28)22-15-25(41-29(33,34)35)23(31)16-24(22)39/h1-7,10,14-16,36H,8-9,11-13,17-18H2/p+1/b2-1+. The summed E-state index contributed by atoms with van der Waals surface area (Å²) in [5.74, 6) is -0.473. The van der Waals surface area contributed by atoms with Crippen molar-refractivity contribution in [2.75, 3.05) is 26.2 Å². The van der Waals surface area contributed by atoms with Crippen molar-refractivity contribution >= 4 is 52.6 Å². The lowest BCUT2D eigenvalue weighted by atomic mass is 9.74. The minimum Gasteiger partial charge on any atom is -0.404 e. The number of piperidine rings is 1. The van der Waals surface area contributed by atoms with Crippen LogP contribution in [0.1, 0.15) is 29.5 Å². The summed E-state index contributed by atoms with van der Waals surface area (Å²) in [5, 5.41) is 7.04. The van der Waals surface area contributed by atoms with Crippen LogP contribution in [0.4, 0.5) is 23.7 Å². The highest BCUT2D eigenvalue weighted by Gasteiger charge is 2.57. The Labute approximate surface area is 250 Å². The summed E-state index contributed by atoms with van der Waals surface area (Å²) in [5.41, 5.74) is 2.29. The highest BCUT2D eigenvalue weighted by molar-refractivity contribution is 6.32. The summed E-state index contributed by atoms with van der Waals surface area (Å²) in [6.07, 6.45) is 1.71. The van der Waals surface area contributed by atoms with E-state index >= 15 is 0 Å². The molecular weight excluding hydrogens is 600 g/mol. The first-order valence-electron chi connectivity index (χ1n) is 13.0. The zero-order chi connectivity index (χ0) is 29.3. The maximum atomic E-state index is 14.2. The van der Waals surface area contributed by atoms with E-state index in [1.165, 1.54) is 12.1 Å². The van der Waals surface area contributed by atoms with E-state index < -0.39 is 17.5 Å². The van der Waals surface area contributed by atoms with Gasteiger partial charge in [0.2, 0.25) is 0 Å². The molecular formula is C29H27Cl3F3N4O2+. The van der Waals surface area contributed by atoms with Crippen molar-refractivity contribution in [3.8, 4) is 5.75 Å². The number of carbonyl (C=O) groups excluding carboxylic acids is 1. The maximum Gasteiger partial charge on any atom is 0.573 e. The SMILES string of the molecule is O=C(NCc1ccnc(Cl)c1)[N+]1(C/C=C/c2ccc(Cl)cc2)CC2(CCNCC2)c2cc(OC(F)(F)F)c(Cl)cc21. The Morgan fingerprint density at radius 2 is 1.83 bits per heavy atom. The molecule has 0 saturated carbocycles. The lowest BCUT2D eigenvalue weighted by molar-refractivity contribution is -0.274. The second kappa shape index (κ2) is 11.8. The van der Waals surface area contributed by atoms with Crippen molar-refractivity contribution in [2.45, 2.75) is 31.2 Å². The summed E-state index contributed by atoms with van der Waals surface area (Å²) in [6.45, 7) is 2.10. The van der Waals surface area contributed by atoms with E-state index in [0.717, 1.165) is 11.1 Å². The van der Waals surface area contributed by atoms with Gasteiger partial charge in [0, 0.05) is 29.4 Å². The van der Waals surface area contributed by atoms with Gasteiger partial charge in [0.1, 0.15) is 29.7 Å². The minimum absolute atomic E-state index is 0.176. The number of alkyl halides is 3. The van der Waals surface area contributed by atoms with Gasteiger partial charge in [0.15, 0.2) is 0 Å². The van der Waals surface area contributed by atoms with Crippen LogP contribution in [-0.4, -0.2) is 43.6 Å². The summed E-state index contributed by atoms with van der Waals surface area (Å²) >= 11 is 18.4. The fourth-order valence-electron chi connectivity index (χ4n) is 5.80. The molecule has 1 aromatic heterocycles. The van der Waals surface area contributed by atoms with Crippen LogP contribution in [0.15, 0.2) is 60.8 Å². The second-order valence-electron chi connectivity index (χ2n) is 10.3. The molecule has 1 saturated heterocycles. The maximum absolute atomic E-state index is 14.2. The van der Waals surface area contributed by atoms with Gasteiger partial charge in [-0.3, -0.25) is 0 Å². The van der Waals surface area contributed by atoms with Gasteiger partial charge < -0.3 is 15.4 Å². The summed E-state index contributed by atoms with van der Waals surface area (Å²) in [7, 11) is 0. The number of benzene rings is 2. The first kappa shape index (κ1) is 29.7. The Morgan fingerprint density at radius 3 is 2.51 bits per heavy atom. The van der Waals surface area contributed by atoms with Gasteiger partial charge in [-0.1, -0.05) is 53.0 Å². The van der Waals surface area contributed by atoms with E-state index in [9.17, 15) is 18.0 Å². The van der Waals surface area contributed by atoms with Gasteiger partial charge in [0.25, 0.3) is 0 Å². The van der Waals surface area contributed by atoms with Gasteiger partial charge in [-0.15, -0.1) is 13.2 Å². The molecule has 2 aliphatic heterocycles. The number of amides is 2. The van der Waals surface area contributed by atoms with Gasteiger partial charge in [-0.2, -0.15) is 0 Å². The van der Waals surface area contributed by atoms with Crippen LogP contribution in [0, 0.1) is 0 Å². The van der Waals surface area contributed by atoms with Crippen molar-refractivity contribution in [3.05, 3.63) is 92.7 Å². The molecule has 0 aliphatic carbocycles. The van der Waals surface area contributed by atoms with Crippen molar-refractivity contribution < 1.29 is 22.7 Å². The number of hydrogen-bond acceptors (Lipinski definition) is 4. The van der Waals surface area contributed by atoms with E-state index in [0.29, 0.717) is 53.9 Å². The third-order valence-corrected chi connectivity index (χ3v) is 8.42. The zero-order valence-corrected chi connectivity index (χ0v) is 24.0. The van der Waals surface area contributed by atoms with Crippen molar-refractivity contribution in [1.29, 1.82) is 0 Å². The van der Waals surface area contributed by atoms with Crippen LogP contribution >= 0.6 is 34.8 Å². The number of ether oxygens (including phenoxy) is 1. The van der Waals surface area contributed by atoms with Gasteiger partial charge >= 0.3 is 12.4 Å². The molecule has 5 rings (SSSR count). The number of hydrogen-bond donors (Lipinski definition) is 2. The predicted molar refractivity (Wildman–Crippen MR) is 155 cm³/mol. The third-order valence-electron chi connectivity index (χ3n) is 7.66. The molecule has 3 aromatic rings. The van der Waals surface area contributed by atoms with Crippen LogP contribution in [0.25, 0.3) is 6.08 Å². The molecule has 3 heterocycles. The Balaban J connectivity index is 1.58. The molecule has 2 N–H and O–H groups in total. The molecule has 1 fully saturated rings. The number of aromatic nitrogens is 1. The molecule has 12 heteroatoms. The third kappa shape index (κ3) is 6.49. The smallest absolute Gasteiger partial charge is 0.404 e. The number of urea groups is 1. The molecule has 0 bridgehead atoms. The van der Waals surface area contributed by atoms with E-state index in [2.05, 4.69) is 20.4 Å². The average molecular weight is 627 g/mol. The zero-order valence-electron chi connectivity index (χ0n) is 21.8. The van der Waals surface area contributed by atoms with Crippen LogP contribution in [0.2, 0.25) is 15.2 Å². The normalized spacial score (nSPS) is 19.9. The number of nitrogens with one attached hydrogen (secondary N) is 2. The number of nitrogens with zero attached hydrogens (tertiary/aromatic N) is 2. The highest BCUT2D eigenvalue weighted by atomic mass is 35.5. The lowest BCUT2D eigenvalue weighted by Crippen LogP contribution is -2.60. The first-order chi connectivity index (χ1) is 19.5. The number of fused-ring (bicyclic) bond motifs is 2. The summed E-state index contributed by atoms with van der Waals surface area (Å²) < 4.78 is 43.8. The number of halogens is 6. The van der Waals surface area contributed by atoms with E-state index in [1.807, 2.05) is 24.3 Å². The van der Waals surface area contributed by atoms with E-state index in [-0.39, 0.29) is 28.6 Å². The van der Waals surface area contributed by atoms with Crippen LogP contribution in [0.3, 0.4) is 0 Å². The van der Waals surface area contributed by atoms with Crippen molar-refractivity contribution in [1.82, 2.24) is 20.1 Å². The fraction of sp³-hybridized carbons (Fsp3) is 0.310. The van der Waals surface area contributed by atoms with Crippen molar-refractivity contribution in [3.63, 3.8) is 0 Å². The largest absolute Gasteiger partial charge is 0.573 e. The predicted octanol–water partition coefficient (Wildman–Crippen LogP) is 7.51. The molecule has 0 radical (unpaired) electrons. The monoisotopic (exact) mass is 625 g/mol. The van der Waals surface area contributed by atoms with Gasteiger partial charge in [-0.25, -0.2) is 14.3 Å². The number of quaternary nitrogens is 1. The Hall–Kier alpha value is -2.82. The Kier molecular flexibility index (Phi) is 8.55. The molecule has 2 aromatic carbocycles. The molecule has 1 atom stereocenters. The highest BCUT2D eigenvalue weighted by Crippen LogP contribution is 2.53. The summed E-state index contributed by atoms with van der Waals surface area (Å²) in [6, 6.07) is 13.2. The minimum atomic E-state index is -4.91. The molecule has 2 aliphatic rings. The fourth-order valence-corrected chi connectivity index (χ4v) is 6.31. The van der Waals surface area contributed by atoms with Crippen LogP contribution in [0.5, 0.6) is 5.75 Å². The van der Waals surface area contributed by atoms with Crippen LogP contribution in [-0.2, 0) is 12.0 Å². The topological polar surface area (TPSA) is 63.2 Å². The number of carbonyl (C=O) groups is 1. The van der Waals surface area contributed by atoms with Gasteiger partial charge in [-0.05, 0) is 73.5 Å². The average Bonchev–Trinajstić information content (AvgIpc) is 3.17. The van der Waals surface area contributed by atoms with E-state index in [1.54, 1.807) is 30.5 Å². The second-order valence-corrected chi connectivity index (χ2v) is 11.5. The summed E-state index contributed by atoms with van der Waals surface area (Å²) in [4.78, 5) is 18.2. The molecule has 1 spiro atoms. The Bertz CT molecular complexity index is 1460. The number of rotatable bonds is 6. The molecule has 41 heavy (non-hydrogen) atoms. The molecule has 6 nitrogen and oxygen atoms in total. The quantitative estimate of drug-likeness (QED) is 0.220. The van der Waals surface area contributed by atoms with Gasteiger partial charge in [0.05, 0.1) is 10.4 Å². The molecule has 216 valence electrons. The number of pyridine rings is 1. The van der Waals surface area contributed by atoms with Crippen molar-refractivity contribution in [2.24, 2.45) is 0 Å². The van der Waals surface area contributed by atoms with E-state index in [4.69, 9.17) is 34.8 Å². The first-order valence-corrected chi connectivity index (χ1v) is 14.1. The van der Waals surface area contributed by atoms with Crippen LogP contribution < -0.4 is 19.9 Å².